The summed E-state index contributed by atoms with van der Waals surface area (Å²) in [6.07, 6.45) is -32.9. The van der Waals surface area contributed by atoms with Crippen molar-refractivity contribution >= 4 is 23.6 Å². The summed E-state index contributed by atoms with van der Waals surface area (Å²) in [6.45, 7) is 1.21. The van der Waals surface area contributed by atoms with Crippen molar-refractivity contribution in [1.82, 2.24) is 21.3 Å². The number of amides is 2. The van der Waals surface area contributed by atoms with Gasteiger partial charge < -0.3 is 110 Å². The maximum atomic E-state index is 12.4. The lowest BCUT2D eigenvalue weighted by Gasteiger charge is -2.49. The van der Waals surface area contributed by atoms with Crippen molar-refractivity contribution in [3.8, 4) is 0 Å². The van der Waals surface area contributed by atoms with E-state index >= 15 is 0 Å². The van der Waals surface area contributed by atoms with Crippen LogP contribution < -0.4 is 21.3 Å². The minimum Gasteiger partial charge on any atom is -0.394 e. The number of fused-ring (bicyclic) bond motifs is 1. The molecular formula is C42H74N4O22S. The van der Waals surface area contributed by atoms with Gasteiger partial charge in [0.25, 0.3) is 0 Å². The highest BCUT2D eigenvalue weighted by Crippen LogP contribution is 2.36. The van der Waals surface area contributed by atoms with Crippen molar-refractivity contribution < 1.29 is 109 Å². The molecule has 6 fully saturated rings. The Balaban J connectivity index is 0.928. The molecule has 4 unspecified atom stereocenters. The van der Waals surface area contributed by atoms with E-state index in [1.54, 1.807) is 0 Å². The Morgan fingerprint density at radius 2 is 1.25 bits per heavy atom. The number of aliphatic hydroxyl groups is 13. The SMILES string of the molecule is C[C@@H]1O[C@@H](O[C@@H]2[C@H](O)[C@@H](O)[C@H](OC[C@H]3O[C@@H](OCCCCCC(=O)NCCNC(=O)CCCCC4SCC5NCNC54)[C@H](O)[C@@H](O)[C@H]3O)O[C@@H]2C(O)[C@@H]2O[C@H](CO)[C@H](O)[C@H](O)[C@H]2O)[C@@H](O)[C@H](O)[C@@H]1O. The van der Waals surface area contributed by atoms with E-state index in [0.717, 1.165) is 31.7 Å². The molecule has 6 rings (SSSR count). The van der Waals surface area contributed by atoms with Gasteiger partial charge in [-0.3, -0.25) is 20.2 Å². The number of rotatable bonds is 23. The van der Waals surface area contributed by atoms with Gasteiger partial charge in [-0.1, -0.05) is 12.8 Å². The third kappa shape index (κ3) is 14.2. The van der Waals surface area contributed by atoms with Crippen LogP contribution in [0.3, 0.4) is 0 Å². The van der Waals surface area contributed by atoms with Gasteiger partial charge in [0.1, 0.15) is 104 Å². The van der Waals surface area contributed by atoms with Crippen LogP contribution in [0.5, 0.6) is 0 Å². The molecule has 6 saturated heterocycles. The van der Waals surface area contributed by atoms with Crippen molar-refractivity contribution in [3.63, 3.8) is 0 Å². The van der Waals surface area contributed by atoms with Crippen LogP contribution in [-0.2, 0) is 42.7 Å². The van der Waals surface area contributed by atoms with E-state index in [1.165, 1.54) is 6.92 Å². The number of unbranched alkanes of at least 4 members (excludes halogenated alkanes) is 3. The fourth-order valence-electron chi connectivity index (χ4n) is 9.39. The zero-order valence-corrected chi connectivity index (χ0v) is 39.2. The second-order valence-corrected chi connectivity index (χ2v) is 19.9. The standard InChI is InChI=1S/C42H74N4O22S/c1-17-25(50)28(53)34(59)42(64-17)68-38-32(57)35(60)41(67-39(38)36(61)37-31(56)29(54)26(51)19(13-47)65-37)63-14-20-27(52)30(55)33(58)40(66-20)62-12-6-2-3-8-22(48)43-10-11-44-23(49)9-5-4-7-21-24-18(15-69-21)45-16-46-24/h17-21,24-42,45-47,50-61H,2-16H2,1H3,(H,43,48)(H,44,49)/t17-,18?,19+,20+,21?,24?,25+,26-,27-,28+,29-,30-,31+,32+,33+,34-,35+,36?,37+,38+,39+,40+,41+,42-/m0/s1. The summed E-state index contributed by atoms with van der Waals surface area (Å²) < 4.78 is 39.6. The Bertz CT molecular complexity index is 1590. The second-order valence-electron chi connectivity index (χ2n) is 18.6. The number of carbonyl (C=O) groups excluding carboxylic acids is 2. The minimum atomic E-state index is -2.15. The molecule has 400 valence electrons. The summed E-state index contributed by atoms with van der Waals surface area (Å²) in [5, 5.41) is 152. The van der Waals surface area contributed by atoms with Gasteiger partial charge in [0, 0.05) is 62.3 Å². The molecule has 0 spiro atoms. The molecule has 69 heavy (non-hydrogen) atoms. The van der Waals surface area contributed by atoms with Crippen molar-refractivity contribution in [3.05, 3.63) is 0 Å². The van der Waals surface area contributed by atoms with Gasteiger partial charge in [0.15, 0.2) is 18.9 Å². The van der Waals surface area contributed by atoms with Crippen LogP contribution in [0, 0.1) is 0 Å². The van der Waals surface area contributed by atoms with Gasteiger partial charge in [-0.25, -0.2) is 0 Å². The summed E-state index contributed by atoms with van der Waals surface area (Å²) >= 11 is 1.98. The van der Waals surface area contributed by atoms with Crippen LogP contribution in [0.15, 0.2) is 0 Å². The highest BCUT2D eigenvalue weighted by atomic mass is 32.2. The molecule has 27 heteroatoms. The average Bonchev–Trinajstić information content (AvgIpc) is 3.97. The Morgan fingerprint density at radius 1 is 0.638 bits per heavy atom. The van der Waals surface area contributed by atoms with Crippen molar-refractivity contribution in [2.45, 2.75) is 204 Å². The van der Waals surface area contributed by atoms with Gasteiger partial charge in [-0.05, 0) is 32.6 Å². The first-order chi connectivity index (χ1) is 32.9. The molecule has 0 saturated carbocycles. The molecule has 6 aliphatic heterocycles. The smallest absolute Gasteiger partial charge is 0.220 e. The molecular weight excluding hydrogens is 945 g/mol. The molecule has 6 heterocycles. The minimum absolute atomic E-state index is 0.00415. The van der Waals surface area contributed by atoms with Crippen molar-refractivity contribution in [2.24, 2.45) is 0 Å². The van der Waals surface area contributed by atoms with Crippen LogP contribution in [0.2, 0.25) is 0 Å². The number of thioether (sulfide) groups is 1. The molecule has 24 atom stereocenters. The van der Waals surface area contributed by atoms with E-state index in [0.29, 0.717) is 49.6 Å². The Morgan fingerprint density at radius 3 is 1.94 bits per heavy atom. The number of hydrogen-bond acceptors (Lipinski definition) is 25. The van der Waals surface area contributed by atoms with E-state index in [4.69, 9.17) is 33.2 Å². The first-order valence-corrected chi connectivity index (χ1v) is 24.9. The molecule has 0 aromatic carbocycles. The number of aliphatic hydroxyl groups excluding tert-OH is 13. The third-order valence-corrected chi connectivity index (χ3v) is 15.2. The van der Waals surface area contributed by atoms with E-state index < -0.39 is 142 Å². The molecule has 6 aliphatic rings. The summed E-state index contributed by atoms with van der Waals surface area (Å²) in [4.78, 5) is 24.6. The average molecular weight is 1020 g/mol. The molecule has 0 radical (unpaired) electrons. The van der Waals surface area contributed by atoms with E-state index in [-0.39, 0.29) is 31.4 Å². The topological polar surface area (TPSA) is 410 Å². The summed E-state index contributed by atoms with van der Waals surface area (Å²) in [7, 11) is 0. The molecule has 0 aliphatic carbocycles. The molecule has 0 aromatic rings. The number of ether oxygens (including phenoxy) is 7. The fraction of sp³-hybridized carbons (Fsp3) is 0.952. The lowest BCUT2D eigenvalue weighted by molar-refractivity contribution is -0.373. The van der Waals surface area contributed by atoms with Crippen LogP contribution in [-0.4, -0.2) is 270 Å². The highest BCUT2D eigenvalue weighted by molar-refractivity contribution is 8.00. The molecule has 17 N–H and O–H groups in total. The lowest BCUT2D eigenvalue weighted by Crippen LogP contribution is -2.69. The van der Waals surface area contributed by atoms with E-state index in [9.17, 15) is 76.0 Å². The van der Waals surface area contributed by atoms with Gasteiger partial charge in [-0.2, -0.15) is 11.8 Å². The Hall–Kier alpha value is -1.59. The number of hydrogen-bond donors (Lipinski definition) is 17. The van der Waals surface area contributed by atoms with Crippen LogP contribution >= 0.6 is 11.8 Å². The monoisotopic (exact) mass is 1020 g/mol. The lowest BCUT2D eigenvalue weighted by atomic mass is 9.86. The van der Waals surface area contributed by atoms with Gasteiger partial charge in [0.2, 0.25) is 11.8 Å². The molecule has 26 nitrogen and oxygen atoms in total. The van der Waals surface area contributed by atoms with Crippen LogP contribution in [0.1, 0.15) is 58.3 Å². The predicted molar refractivity (Wildman–Crippen MR) is 234 cm³/mol. The second kappa shape index (κ2) is 26.6. The zero-order chi connectivity index (χ0) is 50.1. The molecule has 2 amide bonds. The predicted octanol–water partition coefficient (Wildman–Crippen LogP) is -7.95. The normalized spacial score (nSPS) is 44.1. The Labute approximate surface area is 402 Å². The Kier molecular flexibility index (Phi) is 21.8. The van der Waals surface area contributed by atoms with Gasteiger partial charge >= 0.3 is 0 Å². The van der Waals surface area contributed by atoms with Crippen LogP contribution in [0.4, 0.5) is 0 Å². The number of carbonyl (C=O) groups is 2. The first kappa shape index (κ1) is 56.7. The van der Waals surface area contributed by atoms with Crippen molar-refractivity contribution in [2.75, 3.05) is 45.3 Å². The third-order valence-electron chi connectivity index (χ3n) is 13.6. The quantitative estimate of drug-likeness (QED) is 0.0423. The zero-order valence-electron chi connectivity index (χ0n) is 38.4. The highest BCUT2D eigenvalue weighted by Gasteiger charge is 2.57. The fourth-order valence-corrected chi connectivity index (χ4v) is 11.0. The van der Waals surface area contributed by atoms with Crippen LogP contribution in [0.25, 0.3) is 0 Å². The summed E-state index contributed by atoms with van der Waals surface area (Å²) in [5.41, 5.74) is 0. The van der Waals surface area contributed by atoms with Gasteiger partial charge in [-0.15, -0.1) is 0 Å². The van der Waals surface area contributed by atoms with E-state index in [1.807, 2.05) is 11.8 Å². The largest absolute Gasteiger partial charge is 0.394 e. The van der Waals surface area contributed by atoms with Crippen molar-refractivity contribution in [1.29, 1.82) is 0 Å². The first-order valence-electron chi connectivity index (χ1n) is 23.8. The van der Waals surface area contributed by atoms with Gasteiger partial charge in [0.05, 0.1) is 19.3 Å². The maximum Gasteiger partial charge on any atom is 0.220 e. The maximum absolute atomic E-state index is 12.4. The summed E-state index contributed by atoms with van der Waals surface area (Å²) in [6, 6.07) is 1.04. The summed E-state index contributed by atoms with van der Waals surface area (Å²) in [5.74, 6) is 0.867. The number of nitrogens with one attached hydrogen (secondary N) is 4. The molecule has 0 aromatic heterocycles. The molecule has 0 bridgehead atoms. The van der Waals surface area contributed by atoms with E-state index in [2.05, 4.69) is 21.3 Å².